The molecule has 0 unspecified atom stereocenters. The molecule has 20 heavy (non-hydrogen) atoms. The van der Waals surface area contributed by atoms with Crippen molar-refractivity contribution in [3.63, 3.8) is 0 Å². The predicted molar refractivity (Wildman–Crippen MR) is 86.5 cm³/mol. The van der Waals surface area contributed by atoms with E-state index in [9.17, 15) is 0 Å². The average molecular weight is 308 g/mol. The third-order valence-corrected chi connectivity index (χ3v) is 5.20. The smallest absolute Gasteiger partial charge is 0.142 e. The molecule has 0 atom stereocenters. The van der Waals surface area contributed by atoms with Gasteiger partial charge in [-0.05, 0) is 24.3 Å². The van der Waals surface area contributed by atoms with Gasteiger partial charge in [-0.15, -0.1) is 0 Å². The summed E-state index contributed by atoms with van der Waals surface area (Å²) in [5.41, 5.74) is 13.3. The van der Waals surface area contributed by atoms with Crippen LogP contribution in [0.15, 0.2) is 46.2 Å². The van der Waals surface area contributed by atoms with Crippen LogP contribution in [0.4, 0.5) is 11.4 Å². The summed E-state index contributed by atoms with van der Waals surface area (Å²) in [7, 11) is 6.29. The maximum atomic E-state index is 6.04. The predicted octanol–water partition coefficient (Wildman–Crippen LogP) is 3.67. The number of nitrogens with two attached hydrogens (primary N) is 2. The molecule has 2 aromatic carbocycles. The van der Waals surface area contributed by atoms with Gasteiger partial charge in [-0.2, -0.15) is 0 Å². The van der Waals surface area contributed by atoms with Gasteiger partial charge in [0, 0.05) is 9.79 Å². The van der Waals surface area contributed by atoms with E-state index < -0.39 is 0 Å². The number of nitrogen functional groups attached to an aromatic ring is 2. The number of benzene rings is 2. The maximum Gasteiger partial charge on any atom is 0.142 e. The van der Waals surface area contributed by atoms with Crippen LogP contribution in [0.1, 0.15) is 0 Å². The third-order valence-electron chi connectivity index (χ3n) is 2.71. The summed E-state index contributed by atoms with van der Waals surface area (Å²) in [4.78, 5) is 1.88. The van der Waals surface area contributed by atoms with Gasteiger partial charge in [-0.1, -0.05) is 33.7 Å². The molecule has 6 heteroatoms. The van der Waals surface area contributed by atoms with Crippen molar-refractivity contribution in [2.45, 2.75) is 9.79 Å². The Morgan fingerprint density at radius 3 is 1.50 bits per heavy atom. The fourth-order valence-electron chi connectivity index (χ4n) is 1.64. The van der Waals surface area contributed by atoms with Crippen LogP contribution in [0.25, 0.3) is 0 Å². The summed E-state index contributed by atoms with van der Waals surface area (Å²) in [6.07, 6.45) is 0. The topological polar surface area (TPSA) is 70.5 Å². The zero-order chi connectivity index (χ0) is 14.5. The lowest BCUT2D eigenvalue weighted by atomic mass is 10.3. The van der Waals surface area contributed by atoms with E-state index in [0.29, 0.717) is 22.9 Å². The highest BCUT2D eigenvalue weighted by Crippen LogP contribution is 2.45. The van der Waals surface area contributed by atoms with Gasteiger partial charge < -0.3 is 20.9 Å². The Morgan fingerprint density at radius 1 is 0.750 bits per heavy atom. The molecule has 0 aliphatic heterocycles. The lowest BCUT2D eigenvalue weighted by Crippen LogP contribution is -1.94. The lowest BCUT2D eigenvalue weighted by molar-refractivity contribution is 0.416. The van der Waals surface area contributed by atoms with Crippen LogP contribution in [0.3, 0.4) is 0 Å². The van der Waals surface area contributed by atoms with E-state index in [1.807, 2.05) is 36.4 Å². The van der Waals surface area contributed by atoms with E-state index in [0.717, 1.165) is 9.79 Å². The highest BCUT2D eigenvalue weighted by Gasteiger charge is 2.10. The Morgan fingerprint density at radius 2 is 1.15 bits per heavy atom. The molecule has 2 aromatic rings. The molecule has 2 rings (SSSR count). The van der Waals surface area contributed by atoms with E-state index in [1.54, 1.807) is 14.2 Å². The fraction of sp³-hybridized carbons (Fsp3) is 0.143. The van der Waals surface area contributed by atoms with E-state index in [-0.39, 0.29) is 0 Å². The van der Waals surface area contributed by atoms with Crippen LogP contribution in [0.2, 0.25) is 0 Å². The van der Waals surface area contributed by atoms with E-state index >= 15 is 0 Å². The van der Waals surface area contributed by atoms with Crippen molar-refractivity contribution in [1.29, 1.82) is 0 Å². The van der Waals surface area contributed by atoms with E-state index in [4.69, 9.17) is 20.9 Å². The first kappa shape index (κ1) is 14.7. The Labute approximate surface area is 126 Å². The molecule has 0 saturated carbocycles. The second kappa shape index (κ2) is 6.67. The minimum Gasteiger partial charge on any atom is -0.495 e. The van der Waals surface area contributed by atoms with Crippen molar-refractivity contribution < 1.29 is 9.47 Å². The molecule has 0 heterocycles. The molecule has 0 radical (unpaired) electrons. The van der Waals surface area contributed by atoms with Crippen molar-refractivity contribution in [3.05, 3.63) is 36.4 Å². The zero-order valence-corrected chi connectivity index (χ0v) is 12.9. The van der Waals surface area contributed by atoms with E-state index in [1.165, 1.54) is 21.6 Å². The summed E-state index contributed by atoms with van der Waals surface area (Å²) >= 11 is 0. The van der Waals surface area contributed by atoms with Crippen LogP contribution in [-0.4, -0.2) is 14.2 Å². The number of anilines is 2. The number of para-hydroxylation sites is 2. The monoisotopic (exact) mass is 308 g/mol. The molecule has 0 aliphatic rings. The molecular formula is C14H16N2O2S2. The minimum atomic E-state index is 0.633. The van der Waals surface area contributed by atoms with Crippen LogP contribution >= 0.6 is 21.6 Å². The molecule has 0 amide bonds. The summed E-state index contributed by atoms with van der Waals surface area (Å²) in [6, 6.07) is 11.4. The number of ether oxygens (including phenoxy) is 2. The van der Waals surface area contributed by atoms with Crippen molar-refractivity contribution in [2.75, 3.05) is 25.7 Å². The van der Waals surface area contributed by atoms with Gasteiger partial charge >= 0.3 is 0 Å². The number of rotatable bonds is 5. The first-order valence-electron chi connectivity index (χ1n) is 5.87. The van der Waals surface area contributed by atoms with Crippen molar-refractivity contribution in [2.24, 2.45) is 0 Å². The maximum absolute atomic E-state index is 6.04. The molecule has 0 aromatic heterocycles. The normalized spacial score (nSPS) is 10.3. The largest absolute Gasteiger partial charge is 0.495 e. The summed E-state index contributed by atoms with van der Waals surface area (Å²) in [5.74, 6) is 1.35. The van der Waals surface area contributed by atoms with Gasteiger partial charge in [0.15, 0.2) is 0 Å². The molecule has 4 N–H and O–H groups in total. The highest BCUT2D eigenvalue weighted by atomic mass is 33.1. The molecule has 0 spiro atoms. The van der Waals surface area contributed by atoms with Gasteiger partial charge in [0.1, 0.15) is 11.5 Å². The van der Waals surface area contributed by atoms with Gasteiger partial charge in [-0.3, -0.25) is 0 Å². The number of methoxy groups -OCH3 is 2. The van der Waals surface area contributed by atoms with Gasteiger partial charge in [0.25, 0.3) is 0 Å². The summed E-state index contributed by atoms with van der Waals surface area (Å²) in [6.45, 7) is 0. The van der Waals surface area contributed by atoms with Gasteiger partial charge in [0.2, 0.25) is 0 Å². The summed E-state index contributed by atoms with van der Waals surface area (Å²) < 4.78 is 10.4. The molecule has 4 nitrogen and oxygen atoms in total. The minimum absolute atomic E-state index is 0.633. The van der Waals surface area contributed by atoms with Crippen LogP contribution in [0, 0.1) is 0 Å². The summed E-state index contributed by atoms with van der Waals surface area (Å²) in [5, 5.41) is 0. The van der Waals surface area contributed by atoms with Crippen LogP contribution < -0.4 is 20.9 Å². The quantitative estimate of drug-likeness (QED) is 0.649. The Hall–Kier alpha value is -1.66. The lowest BCUT2D eigenvalue weighted by Gasteiger charge is -2.11. The Balaban J connectivity index is 2.17. The molecule has 0 fully saturated rings. The second-order valence-corrected chi connectivity index (χ2v) is 6.12. The van der Waals surface area contributed by atoms with Crippen LogP contribution in [-0.2, 0) is 0 Å². The van der Waals surface area contributed by atoms with Gasteiger partial charge in [0.05, 0.1) is 25.6 Å². The average Bonchev–Trinajstić information content (AvgIpc) is 2.47. The SMILES string of the molecule is COc1cccc(SSc2cccc(OC)c2N)c1N. The zero-order valence-electron chi connectivity index (χ0n) is 11.3. The van der Waals surface area contributed by atoms with Crippen LogP contribution in [0.5, 0.6) is 11.5 Å². The number of hydrogen-bond acceptors (Lipinski definition) is 6. The third kappa shape index (κ3) is 3.08. The van der Waals surface area contributed by atoms with Crippen molar-refractivity contribution in [3.8, 4) is 11.5 Å². The molecular weight excluding hydrogens is 292 g/mol. The standard InChI is InChI=1S/C14H16N2O2S2/c1-17-9-5-3-7-11(13(9)15)19-20-12-8-4-6-10(18-2)14(12)16/h3-8H,15-16H2,1-2H3. The Kier molecular flexibility index (Phi) is 4.92. The molecule has 106 valence electrons. The van der Waals surface area contributed by atoms with E-state index in [2.05, 4.69) is 0 Å². The highest BCUT2D eigenvalue weighted by molar-refractivity contribution is 8.76. The second-order valence-electron chi connectivity index (χ2n) is 3.91. The van der Waals surface area contributed by atoms with Crippen molar-refractivity contribution in [1.82, 2.24) is 0 Å². The molecule has 0 aliphatic carbocycles. The Bertz CT molecular complexity index is 552. The first-order valence-corrected chi connectivity index (χ1v) is 8.01. The van der Waals surface area contributed by atoms with Gasteiger partial charge in [-0.25, -0.2) is 0 Å². The first-order chi connectivity index (χ1) is 9.67. The molecule has 0 bridgehead atoms. The van der Waals surface area contributed by atoms with Crippen molar-refractivity contribution >= 4 is 33.0 Å². The fourth-order valence-corrected chi connectivity index (χ4v) is 3.88. The number of hydrogen-bond donors (Lipinski definition) is 2. The molecule has 0 saturated heterocycles.